The van der Waals surface area contributed by atoms with E-state index in [2.05, 4.69) is 10.2 Å². The van der Waals surface area contributed by atoms with Crippen LogP contribution in [0.1, 0.15) is 25.7 Å². The average molecular weight is 380 g/mol. The number of hydrogen-bond acceptors (Lipinski definition) is 4. The summed E-state index contributed by atoms with van der Waals surface area (Å²) in [6, 6.07) is 7.19. The maximum Gasteiger partial charge on any atom is 0.238 e. The number of ether oxygens (including phenoxy) is 1. The Bertz CT molecular complexity index is 626. The van der Waals surface area contributed by atoms with Crippen molar-refractivity contribution >= 4 is 29.1 Å². The molecule has 6 nitrogen and oxygen atoms in total. The van der Waals surface area contributed by atoms with Gasteiger partial charge in [-0.25, -0.2) is 0 Å². The molecule has 0 aromatic heterocycles. The predicted molar refractivity (Wildman–Crippen MR) is 101 cm³/mol. The van der Waals surface area contributed by atoms with Gasteiger partial charge >= 0.3 is 0 Å². The number of nitrogens with one attached hydrogen (secondary N) is 1. The van der Waals surface area contributed by atoms with E-state index in [1.54, 1.807) is 12.1 Å². The molecule has 1 atom stereocenters. The van der Waals surface area contributed by atoms with Gasteiger partial charge in [-0.3, -0.25) is 14.5 Å². The Hall–Kier alpha value is -1.63. The number of piperazine rings is 1. The molecule has 142 valence electrons. The second-order valence-corrected chi connectivity index (χ2v) is 7.27. The summed E-state index contributed by atoms with van der Waals surface area (Å²) < 4.78 is 5.58. The largest absolute Gasteiger partial charge is 0.378 e. The van der Waals surface area contributed by atoms with Crippen LogP contribution in [0.5, 0.6) is 0 Å². The van der Waals surface area contributed by atoms with Gasteiger partial charge in [0.15, 0.2) is 0 Å². The van der Waals surface area contributed by atoms with Crippen molar-refractivity contribution in [1.29, 1.82) is 0 Å². The highest BCUT2D eigenvalue weighted by atomic mass is 35.5. The molecule has 0 aliphatic carbocycles. The van der Waals surface area contributed by atoms with Crippen LogP contribution in [0, 0.1) is 0 Å². The highest BCUT2D eigenvalue weighted by molar-refractivity contribution is 6.33. The van der Waals surface area contributed by atoms with Crippen molar-refractivity contribution in [3.8, 4) is 0 Å². The molecule has 2 amide bonds. The first-order valence-corrected chi connectivity index (χ1v) is 9.66. The van der Waals surface area contributed by atoms with Crippen LogP contribution < -0.4 is 5.32 Å². The zero-order chi connectivity index (χ0) is 18.4. The molecule has 3 rings (SSSR count). The summed E-state index contributed by atoms with van der Waals surface area (Å²) in [5.74, 6) is 0.108. The van der Waals surface area contributed by atoms with Crippen LogP contribution in [0.25, 0.3) is 0 Å². The van der Waals surface area contributed by atoms with Crippen LogP contribution in [-0.4, -0.2) is 67.0 Å². The molecule has 1 aromatic rings. The smallest absolute Gasteiger partial charge is 0.238 e. The summed E-state index contributed by atoms with van der Waals surface area (Å²) in [6.07, 6.45) is 3.81. The number of amides is 2. The standard InChI is InChI=1S/C19H26ClN3O3/c20-16-5-1-2-6-17(16)21-18(24)14-22-9-11-23(12-10-22)19(25)8-7-15-4-3-13-26-15/h1-2,5-6,15H,3-4,7-14H2,(H,21,24). The van der Waals surface area contributed by atoms with Gasteiger partial charge in [-0.15, -0.1) is 0 Å². The normalized spacial score (nSPS) is 21.0. The third-order valence-corrected chi connectivity index (χ3v) is 5.27. The average Bonchev–Trinajstić information content (AvgIpc) is 3.16. The highest BCUT2D eigenvalue weighted by Crippen LogP contribution is 2.20. The number of carbonyl (C=O) groups is 2. The Kier molecular flexibility index (Phi) is 6.88. The SMILES string of the molecule is O=C(CN1CCN(C(=O)CCC2CCCO2)CC1)Nc1ccccc1Cl. The quantitative estimate of drug-likeness (QED) is 0.824. The Morgan fingerprint density at radius 2 is 1.96 bits per heavy atom. The Morgan fingerprint density at radius 1 is 1.19 bits per heavy atom. The summed E-state index contributed by atoms with van der Waals surface area (Å²) in [7, 11) is 0. The van der Waals surface area contributed by atoms with Gasteiger partial charge in [-0.2, -0.15) is 0 Å². The summed E-state index contributed by atoms with van der Waals surface area (Å²) in [5.41, 5.74) is 0.627. The number of para-hydroxylation sites is 1. The van der Waals surface area contributed by atoms with E-state index >= 15 is 0 Å². The molecule has 0 saturated carbocycles. The van der Waals surface area contributed by atoms with Crippen molar-refractivity contribution in [2.45, 2.75) is 31.8 Å². The fourth-order valence-electron chi connectivity index (χ4n) is 3.43. The summed E-state index contributed by atoms with van der Waals surface area (Å²) in [4.78, 5) is 28.5. The van der Waals surface area contributed by atoms with E-state index in [4.69, 9.17) is 16.3 Å². The predicted octanol–water partition coefficient (Wildman–Crippen LogP) is 2.38. The second kappa shape index (κ2) is 9.35. The first-order chi connectivity index (χ1) is 12.6. The number of anilines is 1. The highest BCUT2D eigenvalue weighted by Gasteiger charge is 2.24. The van der Waals surface area contributed by atoms with E-state index in [1.165, 1.54) is 0 Å². The lowest BCUT2D eigenvalue weighted by Gasteiger charge is -2.34. The van der Waals surface area contributed by atoms with E-state index in [-0.39, 0.29) is 17.9 Å². The third kappa shape index (κ3) is 5.43. The molecular weight excluding hydrogens is 354 g/mol. The number of carbonyl (C=O) groups excluding carboxylic acids is 2. The molecule has 2 aliphatic rings. The molecule has 0 spiro atoms. The van der Waals surface area contributed by atoms with E-state index in [9.17, 15) is 9.59 Å². The third-order valence-electron chi connectivity index (χ3n) is 4.94. The van der Waals surface area contributed by atoms with Gasteiger partial charge in [0.25, 0.3) is 0 Å². The lowest BCUT2D eigenvalue weighted by atomic mass is 10.1. The van der Waals surface area contributed by atoms with Crippen LogP contribution >= 0.6 is 11.6 Å². The minimum Gasteiger partial charge on any atom is -0.378 e. The number of halogens is 1. The molecular formula is C19H26ClN3O3. The molecule has 2 fully saturated rings. The van der Waals surface area contributed by atoms with Crippen molar-refractivity contribution in [3.63, 3.8) is 0 Å². The Balaban J connectivity index is 1.37. The molecule has 7 heteroatoms. The van der Waals surface area contributed by atoms with Gasteiger partial charge in [0.05, 0.1) is 23.4 Å². The first kappa shape index (κ1) is 19.1. The van der Waals surface area contributed by atoms with Gasteiger partial charge in [0.2, 0.25) is 11.8 Å². The summed E-state index contributed by atoms with van der Waals surface area (Å²) in [6.45, 7) is 3.90. The monoisotopic (exact) mass is 379 g/mol. The number of hydrogen-bond donors (Lipinski definition) is 1. The summed E-state index contributed by atoms with van der Waals surface area (Å²) >= 11 is 6.06. The van der Waals surface area contributed by atoms with Gasteiger partial charge in [0.1, 0.15) is 0 Å². The van der Waals surface area contributed by atoms with Crippen LogP contribution in [0.15, 0.2) is 24.3 Å². The van der Waals surface area contributed by atoms with Crippen LogP contribution in [0.4, 0.5) is 5.69 Å². The van der Waals surface area contributed by atoms with Crippen molar-refractivity contribution in [1.82, 2.24) is 9.80 Å². The molecule has 1 aromatic carbocycles. The fourth-order valence-corrected chi connectivity index (χ4v) is 3.61. The minimum atomic E-state index is -0.0868. The second-order valence-electron chi connectivity index (χ2n) is 6.86. The topological polar surface area (TPSA) is 61.9 Å². The number of rotatable bonds is 6. The molecule has 1 N–H and O–H groups in total. The van der Waals surface area contributed by atoms with E-state index in [0.29, 0.717) is 49.9 Å². The van der Waals surface area contributed by atoms with Crippen LogP contribution in [-0.2, 0) is 14.3 Å². The molecule has 2 heterocycles. The lowest BCUT2D eigenvalue weighted by Crippen LogP contribution is -2.50. The molecule has 2 saturated heterocycles. The molecule has 1 unspecified atom stereocenters. The van der Waals surface area contributed by atoms with Gasteiger partial charge in [-0.1, -0.05) is 23.7 Å². The van der Waals surface area contributed by atoms with Gasteiger partial charge in [0, 0.05) is 39.2 Å². The number of nitrogens with zero attached hydrogens (tertiary/aromatic N) is 2. The lowest BCUT2D eigenvalue weighted by molar-refractivity contribution is -0.133. The zero-order valence-electron chi connectivity index (χ0n) is 15.0. The fraction of sp³-hybridized carbons (Fsp3) is 0.579. The van der Waals surface area contributed by atoms with Crippen LogP contribution in [0.3, 0.4) is 0 Å². The van der Waals surface area contributed by atoms with Crippen LogP contribution in [0.2, 0.25) is 5.02 Å². The van der Waals surface area contributed by atoms with E-state index in [1.807, 2.05) is 17.0 Å². The van der Waals surface area contributed by atoms with Crippen molar-refractivity contribution in [3.05, 3.63) is 29.3 Å². The van der Waals surface area contributed by atoms with Crippen molar-refractivity contribution < 1.29 is 14.3 Å². The maximum absolute atomic E-state index is 12.3. The first-order valence-electron chi connectivity index (χ1n) is 9.28. The van der Waals surface area contributed by atoms with Gasteiger partial charge < -0.3 is 15.0 Å². The van der Waals surface area contributed by atoms with Gasteiger partial charge in [-0.05, 0) is 31.4 Å². The van der Waals surface area contributed by atoms with E-state index in [0.717, 1.165) is 25.9 Å². The van der Waals surface area contributed by atoms with E-state index < -0.39 is 0 Å². The zero-order valence-corrected chi connectivity index (χ0v) is 15.7. The Labute approximate surface area is 159 Å². The molecule has 2 aliphatic heterocycles. The summed E-state index contributed by atoms with van der Waals surface area (Å²) in [5, 5.41) is 3.37. The molecule has 26 heavy (non-hydrogen) atoms. The molecule has 0 radical (unpaired) electrons. The van der Waals surface area contributed by atoms with Crippen molar-refractivity contribution in [2.75, 3.05) is 44.6 Å². The molecule has 0 bridgehead atoms. The van der Waals surface area contributed by atoms with Crippen molar-refractivity contribution in [2.24, 2.45) is 0 Å². The minimum absolute atomic E-state index is 0.0868. The number of benzene rings is 1. The Morgan fingerprint density at radius 3 is 2.65 bits per heavy atom. The maximum atomic E-state index is 12.3.